The Bertz CT molecular complexity index is 425. The monoisotopic (exact) mass is 262 g/mol. The molecular formula is C16H26N2O. The van der Waals surface area contributed by atoms with Gasteiger partial charge in [-0.25, -0.2) is 0 Å². The highest BCUT2D eigenvalue weighted by atomic mass is 16.1. The molecule has 0 saturated carbocycles. The zero-order chi connectivity index (χ0) is 14.4. The number of nitrogens with two attached hydrogens (primary N) is 1. The Morgan fingerprint density at radius 3 is 2.63 bits per heavy atom. The Kier molecular flexibility index (Phi) is 6.03. The fraction of sp³-hybridized carbons (Fsp3) is 0.562. The first-order valence-electron chi connectivity index (χ1n) is 7.04. The average Bonchev–Trinajstić information content (AvgIpc) is 2.38. The van der Waals surface area contributed by atoms with Crippen LogP contribution in [-0.2, 0) is 4.79 Å². The molecule has 0 aromatic heterocycles. The van der Waals surface area contributed by atoms with Crippen molar-refractivity contribution in [3.63, 3.8) is 0 Å². The van der Waals surface area contributed by atoms with E-state index in [2.05, 4.69) is 44.3 Å². The molecule has 1 aromatic carbocycles. The molecule has 0 heterocycles. The zero-order valence-electron chi connectivity index (χ0n) is 12.5. The molecule has 3 nitrogen and oxygen atoms in total. The van der Waals surface area contributed by atoms with E-state index in [0.29, 0.717) is 13.0 Å². The quantitative estimate of drug-likeness (QED) is 0.828. The van der Waals surface area contributed by atoms with Crippen molar-refractivity contribution in [3.8, 4) is 0 Å². The molecular weight excluding hydrogens is 236 g/mol. The van der Waals surface area contributed by atoms with E-state index >= 15 is 0 Å². The number of carbonyl (C=O) groups excluding carboxylic acids is 1. The van der Waals surface area contributed by atoms with Gasteiger partial charge in [0.05, 0.1) is 6.04 Å². The molecule has 1 rings (SSSR count). The van der Waals surface area contributed by atoms with Crippen molar-refractivity contribution in [1.29, 1.82) is 0 Å². The van der Waals surface area contributed by atoms with E-state index in [0.717, 1.165) is 6.42 Å². The van der Waals surface area contributed by atoms with Crippen molar-refractivity contribution in [3.05, 3.63) is 34.9 Å². The highest BCUT2D eigenvalue weighted by molar-refractivity contribution is 5.76. The lowest BCUT2D eigenvalue weighted by molar-refractivity contribution is -0.122. The minimum Gasteiger partial charge on any atom is -0.350 e. The maximum Gasteiger partial charge on any atom is 0.220 e. The summed E-state index contributed by atoms with van der Waals surface area (Å²) in [4.78, 5) is 12.0. The van der Waals surface area contributed by atoms with Crippen molar-refractivity contribution >= 4 is 5.91 Å². The zero-order valence-corrected chi connectivity index (χ0v) is 12.5. The number of hydrogen-bond donors (Lipinski definition) is 2. The second kappa shape index (κ2) is 7.29. The maximum absolute atomic E-state index is 12.0. The molecule has 106 valence electrons. The van der Waals surface area contributed by atoms with Gasteiger partial charge in [-0.15, -0.1) is 0 Å². The molecule has 3 heteroatoms. The fourth-order valence-electron chi connectivity index (χ4n) is 2.26. The number of benzene rings is 1. The van der Waals surface area contributed by atoms with Crippen LogP contribution in [0, 0.1) is 19.8 Å². The van der Waals surface area contributed by atoms with E-state index in [1.807, 2.05) is 6.92 Å². The summed E-state index contributed by atoms with van der Waals surface area (Å²) >= 11 is 0. The van der Waals surface area contributed by atoms with Crippen molar-refractivity contribution in [2.45, 2.75) is 46.6 Å². The molecule has 2 atom stereocenters. The van der Waals surface area contributed by atoms with E-state index in [-0.39, 0.29) is 17.9 Å². The summed E-state index contributed by atoms with van der Waals surface area (Å²) in [5, 5.41) is 3.07. The molecule has 0 spiro atoms. The second-order valence-corrected chi connectivity index (χ2v) is 5.36. The van der Waals surface area contributed by atoms with Crippen LogP contribution in [0.4, 0.5) is 0 Å². The molecule has 1 aromatic rings. The number of hydrogen-bond acceptors (Lipinski definition) is 2. The lowest BCUT2D eigenvalue weighted by Gasteiger charge is -2.19. The van der Waals surface area contributed by atoms with Crippen LogP contribution in [0.2, 0.25) is 0 Å². The summed E-state index contributed by atoms with van der Waals surface area (Å²) in [5.41, 5.74) is 9.26. The summed E-state index contributed by atoms with van der Waals surface area (Å²) in [7, 11) is 0. The molecule has 0 radical (unpaired) electrons. The van der Waals surface area contributed by atoms with Gasteiger partial charge in [0.25, 0.3) is 0 Å². The summed E-state index contributed by atoms with van der Waals surface area (Å²) in [6.45, 7) is 8.81. The predicted octanol–water partition coefficient (Wildman–Crippen LogP) is 2.86. The van der Waals surface area contributed by atoms with Crippen LogP contribution in [0.15, 0.2) is 18.2 Å². The molecule has 19 heavy (non-hydrogen) atoms. The molecule has 0 saturated heterocycles. The summed E-state index contributed by atoms with van der Waals surface area (Å²) in [6, 6.07) is 6.37. The normalized spacial score (nSPS) is 13.9. The van der Waals surface area contributed by atoms with Crippen LogP contribution in [0.5, 0.6) is 0 Å². The van der Waals surface area contributed by atoms with Crippen LogP contribution in [0.1, 0.15) is 49.4 Å². The first kappa shape index (κ1) is 15.7. The molecule has 0 aliphatic carbocycles. The Balaban J connectivity index is 2.66. The lowest BCUT2D eigenvalue weighted by atomic mass is 9.98. The van der Waals surface area contributed by atoms with Gasteiger partial charge in [0, 0.05) is 6.42 Å². The third kappa shape index (κ3) is 4.67. The van der Waals surface area contributed by atoms with Crippen LogP contribution in [-0.4, -0.2) is 12.5 Å². The third-order valence-corrected chi connectivity index (χ3v) is 3.66. The Morgan fingerprint density at radius 1 is 1.37 bits per heavy atom. The predicted molar refractivity (Wildman–Crippen MR) is 79.9 cm³/mol. The van der Waals surface area contributed by atoms with Gasteiger partial charge in [-0.05, 0) is 44.4 Å². The second-order valence-electron chi connectivity index (χ2n) is 5.36. The SMILES string of the molecule is CCC(CN)CC(=O)NC(C)c1cc(C)ccc1C. The highest BCUT2D eigenvalue weighted by Crippen LogP contribution is 2.19. The Morgan fingerprint density at radius 2 is 2.05 bits per heavy atom. The van der Waals surface area contributed by atoms with E-state index in [1.54, 1.807) is 0 Å². The minimum absolute atomic E-state index is 0.0441. The summed E-state index contributed by atoms with van der Waals surface area (Å²) < 4.78 is 0. The molecule has 0 aliphatic heterocycles. The van der Waals surface area contributed by atoms with Crippen LogP contribution in [0.3, 0.4) is 0 Å². The highest BCUT2D eigenvalue weighted by Gasteiger charge is 2.15. The number of rotatable bonds is 6. The average molecular weight is 262 g/mol. The lowest BCUT2D eigenvalue weighted by Crippen LogP contribution is -2.30. The number of nitrogens with one attached hydrogen (secondary N) is 1. The van der Waals surface area contributed by atoms with Crippen molar-refractivity contribution in [1.82, 2.24) is 5.32 Å². The number of amides is 1. The minimum atomic E-state index is 0.0441. The summed E-state index contributed by atoms with van der Waals surface area (Å²) in [6.07, 6.45) is 1.46. The van der Waals surface area contributed by atoms with Gasteiger partial charge in [-0.1, -0.05) is 37.1 Å². The fourth-order valence-corrected chi connectivity index (χ4v) is 2.26. The molecule has 1 amide bonds. The summed E-state index contributed by atoms with van der Waals surface area (Å²) in [5.74, 6) is 0.372. The van der Waals surface area contributed by atoms with E-state index < -0.39 is 0 Å². The van der Waals surface area contributed by atoms with Crippen LogP contribution < -0.4 is 11.1 Å². The van der Waals surface area contributed by atoms with E-state index in [4.69, 9.17) is 5.73 Å². The number of aryl methyl sites for hydroxylation is 2. The first-order valence-corrected chi connectivity index (χ1v) is 7.04. The van der Waals surface area contributed by atoms with Crippen molar-refractivity contribution < 1.29 is 4.79 Å². The largest absolute Gasteiger partial charge is 0.350 e. The first-order chi connectivity index (χ1) is 8.97. The Hall–Kier alpha value is -1.35. The molecule has 0 bridgehead atoms. The van der Waals surface area contributed by atoms with Gasteiger partial charge in [0.2, 0.25) is 5.91 Å². The van der Waals surface area contributed by atoms with Crippen LogP contribution >= 0.6 is 0 Å². The van der Waals surface area contributed by atoms with E-state index in [1.165, 1.54) is 16.7 Å². The molecule has 2 unspecified atom stereocenters. The van der Waals surface area contributed by atoms with Gasteiger partial charge in [0.15, 0.2) is 0 Å². The van der Waals surface area contributed by atoms with Crippen molar-refractivity contribution in [2.75, 3.05) is 6.54 Å². The van der Waals surface area contributed by atoms with Crippen molar-refractivity contribution in [2.24, 2.45) is 11.7 Å². The molecule has 0 aliphatic rings. The van der Waals surface area contributed by atoms with E-state index in [9.17, 15) is 4.79 Å². The Labute approximate surface area is 116 Å². The van der Waals surface area contributed by atoms with Crippen LogP contribution in [0.25, 0.3) is 0 Å². The number of carbonyl (C=O) groups is 1. The topological polar surface area (TPSA) is 55.1 Å². The third-order valence-electron chi connectivity index (χ3n) is 3.66. The van der Waals surface area contributed by atoms with Gasteiger partial charge < -0.3 is 11.1 Å². The smallest absolute Gasteiger partial charge is 0.220 e. The molecule has 0 fully saturated rings. The maximum atomic E-state index is 12.0. The van der Waals surface area contributed by atoms with Gasteiger partial charge >= 0.3 is 0 Å². The molecule has 3 N–H and O–H groups in total. The van der Waals surface area contributed by atoms with Gasteiger partial charge in [0.1, 0.15) is 0 Å². The van der Waals surface area contributed by atoms with Gasteiger partial charge in [-0.3, -0.25) is 4.79 Å². The standard InChI is InChI=1S/C16H26N2O/c1-5-14(10-17)9-16(19)18-13(4)15-8-11(2)6-7-12(15)3/h6-8,13-14H,5,9-10,17H2,1-4H3,(H,18,19). The van der Waals surface area contributed by atoms with Gasteiger partial charge in [-0.2, -0.15) is 0 Å².